The van der Waals surface area contributed by atoms with Crippen LogP contribution in [0.2, 0.25) is 0 Å². The monoisotopic (exact) mass is 342 g/mol. The molecule has 0 aromatic rings. The third-order valence-electron chi connectivity index (χ3n) is 4.09. The summed E-state index contributed by atoms with van der Waals surface area (Å²) in [5.41, 5.74) is -0.292. The molecule has 0 saturated carbocycles. The minimum absolute atomic E-state index is 0.0410. The van der Waals surface area contributed by atoms with Gasteiger partial charge in [-0.1, -0.05) is 34.3 Å². The molecular weight excluding hydrogens is 312 g/mol. The van der Waals surface area contributed by atoms with Gasteiger partial charge in [0.15, 0.2) is 0 Å². The molecule has 0 heterocycles. The fourth-order valence-corrected chi connectivity index (χ4v) is 1.89. The van der Waals surface area contributed by atoms with E-state index in [-0.39, 0.29) is 43.5 Å². The third kappa shape index (κ3) is 7.62. The van der Waals surface area contributed by atoms with Gasteiger partial charge in [0.1, 0.15) is 18.8 Å². The molecule has 0 aliphatic carbocycles. The van der Waals surface area contributed by atoms with Crippen LogP contribution in [0.15, 0.2) is 12.2 Å². The van der Waals surface area contributed by atoms with Gasteiger partial charge in [0, 0.05) is 5.57 Å². The van der Waals surface area contributed by atoms with Crippen LogP contribution in [0.5, 0.6) is 0 Å². The Balaban J connectivity index is 4.12. The number of carbonyl (C=O) groups is 3. The molecule has 0 bridgehead atoms. The molecule has 0 spiro atoms. The zero-order valence-corrected chi connectivity index (χ0v) is 15.6. The zero-order valence-electron chi connectivity index (χ0n) is 15.6. The van der Waals surface area contributed by atoms with E-state index in [0.29, 0.717) is 0 Å². The van der Waals surface area contributed by atoms with Crippen molar-refractivity contribution in [3.63, 3.8) is 0 Å². The van der Waals surface area contributed by atoms with Crippen molar-refractivity contribution in [1.82, 2.24) is 0 Å². The first kappa shape index (κ1) is 22.1. The molecule has 0 aliphatic heterocycles. The predicted octanol–water partition coefficient (Wildman–Crippen LogP) is 3.04. The lowest BCUT2D eigenvalue weighted by Crippen LogP contribution is -2.42. The Bertz CT molecular complexity index is 456. The highest BCUT2D eigenvalue weighted by molar-refractivity contribution is 5.86. The van der Waals surface area contributed by atoms with E-state index in [0.717, 1.165) is 0 Å². The summed E-state index contributed by atoms with van der Waals surface area (Å²) in [7, 11) is 0. The Morgan fingerprint density at radius 1 is 0.917 bits per heavy atom. The van der Waals surface area contributed by atoms with E-state index in [1.165, 1.54) is 6.92 Å². The fourth-order valence-electron chi connectivity index (χ4n) is 1.89. The summed E-state index contributed by atoms with van der Waals surface area (Å²) in [6.07, 6.45) is -0.112. The van der Waals surface area contributed by atoms with Gasteiger partial charge in [0.2, 0.25) is 0 Å². The molecule has 0 aromatic heterocycles. The summed E-state index contributed by atoms with van der Waals surface area (Å²) in [4.78, 5) is 34.7. The first-order valence-corrected chi connectivity index (χ1v) is 8.20. The van der Waals surface area contributed by atoms with Gasteiger partial charge in [-0.2, -0.15) is 0 Å². The molecule has 138 valence electrons. The minimum Gasteiger partial charge on any atom is -0.462 e. The highest BCUT2D eigenvalue weighted by Gasteiger charge is 2.36. The lowest BCUT2D eigenvalue weighted by atomic mass is 9.82. The van der Waals surface area contributed by atoms with Gasteiger partial charge in [-0.25, -0.2) is 4.79 Å². The van der Waals surface area contributed by atoms with Crippen LogP contribution in [0.25, 0.3) is 0 Å². The molecule has 0 radical (unpaired) electrons. The van der Waals surface area contributed by atoms with E-state index in [9.17, 15) is 14.4 Å². The summed E-state index contributed by atoms with van der Waals surface area (Å²) in [5.74, 6) is -1.16. The molecule has 0 fully saturated rings. The molecule has 24 heavy (non-hydrogen) atoms. The van der Waals surface area contributed by atoms with Crippen molar-refractivity contribution >= 4 is 17.9 Å². The molecule has 0 aliphatic rings. The quantitative estimate of drug-likeness (QED) is 0.263. The second-order valence-corrected chi connectivity index (χ2v) is 6.60. The number of hydrogen-bond donors (Lipinski definition) is 0. The van der Waals surface area contributed by atoms with Crippen LogP contribution in [0, 0.1) is 11.8 Å². The van der Waals surface area contributed by atoms with Crippen LogP contribution in [-0.2, 0) is 28.6 Å². The Morgan fingerprint density at radius 3 is 1.83 bits per heavy atom. The fraction of sp³-hybridized carbons (Fsp3) is 0.722. The smallest absolute Gasteiger partial charge is 0.333 e. The maximum absolute atomic E-state index is 12.0. The van der Waals surface area contributed by atoms with Crippen molar-refractivity contribution in [2.24, 2.45) is 11.8 Å². The van der Waals surface area contributed by atoms with Crippen LogP contribution in [0.3, 0.4) is 0 Å². The Morgan fingerprint density at radius 2 is 1.38 bits per heavy atom. The minimum atomic E-state index is -0.572. The second kappa shape index (κ2) is 10.1. The van der Waals surface area contributed by atoms with Crippen molar-refractivity contribution in [2.45, 2.75) is 60.0 Å². The van der Waals surface area contributed by atoms with E-state index in [1.807, 2.05) is 34.6 Å². The highest BCUT2D eigenvalue weighted by atomic mass is 16.6. The van der Waals surface area contributed by atoms with Crippen LogP contribution in [0.1, 0.15) is 54.4 Å². The lowest BCUT2D eigenvalue weighted by molar-refractivity contribution is -0.170. The van der Waals surface area contributed by atoms with Crippen molar-refractivity contribution in [3.05, 3.63) is 12.2 Å². The summed E-state index contributed by atoms with van der Waals surface area (Å²) in [5, 5.41) is 0. The van der Waals surface area contributed by atoms with E-state index >= 15 is 0 Å². The Kier molecular flexibility index (Phi) is 9.33. The number of esters is 3. The molecule has 0 aromatic carbocycles. The molecular formula is C18H30O6. The number of rotatable bonds is 10. The first-order chi connectivity index (χ1) is 11.0. The van der Waals surface area contributed by atoms with Gasteiger partial charge in [-0.05, 0) is 25.7 Å². The summed E-state index contributed by atoms with van der Waals surface area (Å²) < 4.78 is 15.3. The van der Waals surface area contributed by atoms with Crippen molar-refractivity contribution < 1.29 is 28.6 Å². The molecule has 0 atom stereocenters. The van der Waals surface area contributed by atoms with Crippen LogP contribution >= 0.6 is 0 Å². The normalized spacial score (nSPS) is 11.3. The van der Waals surface area contributed by atoms with Crippen molar-refractivity contribution in [1.29, 1.82) is 0 Å². The maximum atomic E-state index is 12.0. The summed E-state index contributed by atoms with van der Waals surface area (Å²) in [6, 6.07) is 0. The summed E-state index contributed by atoms with van der Waals surface area (Å²) >= 11 is 0. The number of hydrogen-bond acceptors (Lipinski definition) is 6. The Hall–Kier alpha value is -1.85. The van der Waals surface area contributed by atoms with Crippen LogP contribution in [0.4, 0.5) is 0 Å². The zero-order chi connectivity index (χ0) is 18.9. The van der Waals surface area contributed by atoms with Gasteiger partial charge in [-0.15, -0.1) is 0 Å². The molecule has 6 heteroatoms. The van der Waals surface area contributed by atoms with Gasteiger partial charge in [0.25, 0.3) is 0 Å². The van der Waals surface area contributed by atoms with Crippen LogP contribution in [-0.4, -0.2) is 36.7 Å². The number of carbonyl (C=O) groups excluding carboxylic acids is 3. The van der Waals surface area contributed by atoms with E-state index in [2.05, 4.69) is 6.58 Å². The van der Waals surface area contributed by atoms with E-state index in [1.54, 1.807) is 0 Å². The molecule has 0 rings (SSSR count). The Labute approximate surface area is 144 Å². The lowest BCUT2D eigenvalue weighted by Gasteiger charge is -2.37. The standard InChI is InChI=1S/C18H30O6/c1-12(2)17(21)23-11-10-22-15(19)8-9-16(20)24-18(7,13(3)4)14(5)6/h13-14H,1,8-11H2,2-7H3. The average molecular weight is 342 g/mol. The molecule has 0 unspecified atom stereocenters. The van der Waals surface area contributed by atoms with Crippen LogP contribution < -0.4 is 0 Å². The van der Waals surface area contributed by atoms with Gasteiger partial charge in [-0.3, -0.25) is 9.59 Å². The predicted molar refractivity (Wildman–Crippen MR) is 90.1 cm³/mol. The third-order valence-corrected chi connectivity index (χ3v) is 4.09. The van der Waals surface area contributed by atoms with Crippen molar-refractivity contribution in [3.8, 4) is 0 Å². The molecule has 0 amide bonds. The second-order valence-electron chi connectivity index (χ2n) is 6.60. The molecule has 0 N–H and O–H groups in total. The number of ether oxygens (including phenoxy) is 3. The first-order valence-electron chi connectivity index (χ1n) is 8.20. The maximum Gasteiger partial charge on any atom is 0.333 e. The van der Waals surface area contributed by atoms with Gasteiger partial charge >= 0.3 is 17.9 Å². The topological polar surface area (TPSA) is 78.9 Å². The SMILES string of the molecule is C=C(C)C(=O)OCCOC(=O)CCC(=O)OC(C)(C(C)C)C(C)C. The van der Waals surface area contributed by atoms with Crippen molar-refractivity contribution in [2.75, 3.05) is 13.2 Å². The van der Waals surface area contributed by atoms with Gasteiger partial charge < -0.3 is 14.2 Å². The molecule has 6 nitrogen and oxygen atoms in total. The van der Waals surface area contributed by atoms with E-state index < -0.39 is 23.5 Å². The largest absolute Gasteiger partial charge is 0.462 e. The highest BCUT2D eigenvalue weighted by Crippen LogP contribution is 2.30. The average Bonchev–Trinajstić information content (AvgIpc) is 2.48. The summed E-state index contributed by atoms with van der Waals surface area (Å²) in [6.45, 7) is 14.7. The molecule has 0 saturated heterocycles. The van der Waals surface area contributed by atoms with E-state index in [4.69, 9.17) is 14.2 Å². The van der Waals surface area contributed by atoms with Gasteiger partial charge in [0.05, 0.1) is 12.8 Å².